The SMILES string of the molecule is C=CCn1nnc(NC(=O)c2cccc(OCc3ccccc3)c2)n1. The van der Waals surface area contributed by atoms with E-state index in [1.54, 1.807) is 30.3 Å². The number of carbonyl (C=O) groups excluding carboxylic acids is 1. The molecule has 0 atom stereocenters. The number of ether oxygens (including phenoxy) is 1. The second-order valence-corrected chi connectivity index (χ2v) is 5.21. The number of carbonyl (C=O) groups is 1. The number of nitrogens with zero attached hydrogens (tertiary/aromatic N) is 4. The lowest BCUT2D eigenvalue weighted by Gasteiger charge is -2.08. The lowest BCUT2D eigenvalue weighted by Crippen LogP contribution is -2.13. The quantitative estimate of drug-likeness (QED) is 0.671. The molecule has 0 unspecified atom stereocenters. The maximum Gasteiger partial charge on any atom is 0.270 e. The molecule has 1 aromatic heterocycles. The highest BCUT2D eigenvalue weighted by Gasteiger charge is 2.10. The Morgan fingerprint density at radius 2 is 2.04 bits per heavy atom. The fourth-order valence-corrected chi connectivity index (χ4v) is 2.13. The summed E-state index contributed by atoms with van der Waals surface area (Å²) in [4.78, 5) is 13.6. The number of nitrogens with one attached hydrogen (secondary N) is 1. The van der Waals surface area contributed by atoms with Crippen LogP contribution in [0.4, 0.5) is 5.95 Å². The number of aromatic nitrogens is 4. The fourth-order valence-electron chi connectivity index (χ4n) is 2.13. The maximum atomic E-state index is 12.3. The van der Waals surface area contributed by atoms with Gasteiger partial charge in [0, 0.05) is 5.56 Å². The Balaban J connectivity index is 1.63. The van der Waals surface area contributed by atoms with Crippen LogP contribution in [0.15, 0.2) is 67.3 Å². The third kappa shape index (κ3) is 4.51. The van der Waals surface area contributed by atoms with E-state index in [1.165, 1.54) is 4.80 Å². The van der Waals surface area contributed by atoms with Crippen LogP contribution in [0.25, 0.3) is 0 Å². The van der Waals surface area contributed by atoms with Crippen LogP contribution >= 0.6 is 0 Å². The topological polar surface area (TPSA) is 81.9 Å². The molecular weight excluding hydrogens is 318 g/mol. The van der Waals surface area contributed by atoms with Crippen molar-refractivity contribution in [3.63, 3.8) is 0 Å². The van der Waals surface area contributed by atoms with Crippen LogP contribution in [-0.2, 0) is 13.2 Å². The van der Waals surface area contributed by atoms with Gasteiger partial charge in [0.15, 0.2) is 0 Å². The molecule has 2 aromatic carbocycles. The summed E-state index contributed by atoms with van der Waals surface area (Å²) < 4.78 is 5.73. The third-order valence-electron chi connectivity index (χ3n) is 3.32. The Morgan fingerprint density at radius 1 is 1.20 bits per heavy atom. The number of hydrogen-bond acceptors (Lipinski definition) is 5. The number of anilines is 1. The van der Waals surface area contributed by atoms with Gasteiger partial charge in [-0.25, -0.2) is 0 Å². The van der Waals surface area contributed by atoms with E-state index in [4.69, 9.17) is 4.74 Å². The average molecular weight is 335 g/mol. The summed E-state index contributed by atoms with van der Waals surface area (Å²) in [5.74, 6) is 0.422. The van der Waals surface area contributed by atoms with Crippen LogP contribution in [0, 0.1) is 0 Å². The lowest BCUT2D eigenvalue weighted by atomic mass is 10.2. The molecule has 1 heterocycles. The van der Waals surface area contributed by atoms with E-state index < -0.39 is 0 Å². The molecule has 0 saturated heterocycles. The summed E-state index contributed by atoms with van der Waals surface area (Å²) in [5, 5.41) is 14.2. The third-order valence-corrected chi connectivity index (χ3v) is 3.32. The summed E-state index contributed by atoms with van der Waals surface area (Å²) in [6.45, 7) is 4.45. The van der Waals surface area contributed by atoms with E-state index >= 15 is 0 Å². The summed E-state index contributed by atoms with van der Waals surface area (Å²) in [7, 11) is 0. The predicted octanol–water partition coefficient (Wildman–Crippen LogP) is 2.69. The van der Waals surface area contributed by atoms with Crippen molar-refractivity contribution in [3.05, 3.63) is 78.4 Å². The fraction of sp³-hybridized carbons (Fsp3) is 0.111. The van der Waals surface area contributed by atoms with E-state index in [2.05, 4.69) is 27.3 Å². The Kier molecular flexibility index (Phi) is 5.16. The lowest BCUT2D eigenvalue weighted by molar-refractivity contribution is 0.102. The van der Waals surface area contributed by atoms with Crippen molar-refractivity contribution in [2.75, 3.05) is 5.32 Å². The number of tetrazole rings is 1. The Bertz CT molecular complexity index is 861. The van der Waals surface area contributed by atoms with E-state index in [0.29, 0.717) is 24.5 Å². The molecule has 7 nitrogen and oxygen atoms in total. The van der Waals surface area contributed by atoms with Crippen LogP contribution < -0.4 is 10.1 Å². The van der Waals surface area contributed by atoms with Gasteiger partial charge in [0.1, 0.15) is 12.4 Å². The molecule has 0 bridgehead atoms. The molecule has 0 fully saturated rings. The second-order valence-electron chi connectivity index (χ2n) is 5.21. The van der Waals surface area contributed by atoms with Gasteiger partial charge in [-0.05, 0) is 29.0 Å². The van der Waals surface area contributed by atoms with Crippen LogP contribution in [0.1, 0.15) is 15.9 Å². The zero-order chi connectivity index (χ0) is 17.5. The van der Waals surface area contributed by atoms with Gasteiger partial charge in [0.2, 0.25) is 0 Å². The standard InChI is InChI=1S/C18H17N5O2/c1-2-11-23-21-18(20-22-23)19-17(24)15-9-6-10-16(12-15)25-13-14-7-4-3-5-8-14/h2-10,12H,1,11,13H2,(H,19,21,24). The van der Waals surface area contributed by atoms with E-state index in [9.17, 15) is 4.79 Å². The van der Waals surface area contributed by atoms with Gasteiger partial charge in [-0.1, -0.05) is 47.6 Å². The average Bonchev–Trinajstić information content (AvgIpc) is 3.08. The first kappa shape index (κ1) is 16.4. The molecule has 1 N–H and O–H groups in total. The summed E-state index contributed by atoms with van der Waals surface area (Å²) in [6.07, 6.45) is 1.64. The van der Waals surface area contributed by atoms with Crippen molar-refractivity contribution >= 4 is 11.9 Å². The molecule has 7 heteroatoms. The van der Waals surface area contributed by atoms with Gasteiger partial charge in [-0.15, -0.1) is 11.7 Å². The molecule has 0 saturated carbocycles. The highest BCUT2D eigenvalue weighted by Crippen LogP contribution is 2.16. The van der Waals surface area contributed by atoms with Crippen molar-refractivity contribution < 1.29 is 9.53 Å². The molecule has 126 valence electrons. The van der Waals surface area contributed by atoms with Crippen molar-refractivity contribution in [2.24, 2.45) is 0 Å². The second kappa shape index (κ2) is 7.87. The minimum Gasteiger partial charge on any atom is -0.489 e. The zero-order valence-electron chi connectivity index (χ0n) is 13.5. The predicted molar refractivity (Wildman–Crippen MR) is 93.2 cm³/mol. The number of rotatable bonds is 7. The van der Waals surface area contributed by atoms with Crippen LogP contribution in [-0.4, -0.2) is 26.1 Å². The van der Waals surface area contributed by atoms with Crippen molar-refractivity contribution in [1.82, 2.24) is 20.2 Å². The number of hydrogen-bond donors (Lipinski definition) is 1. The smallest absolute Gasteiger partial charge is 0.270 e. The van der Waals surface area contributed by atoms with Gasteiger partial charge in [-0.2, -0.15) is 4.80 Å². The molecule has 0 aliphatic rings. The van der Waals surface area contributed by atoms with Crippen molar-refractivity contribution in [1.29, 1.82) is 0 Å². The molecule has 1 amide bonds. The van der Waals surface area contributed by atoms with Gasteiger partial charge >= 0.3 is 0 Å². The minimum absolute atomic E-state index is 0.141. The van der Waals surface area contributed by atoms with Crippen LogP contribution in [0.2, 0.25) is 0 Å². The molecule has 25 heavy (non-hydrogen) atoms. The first-order chi connectivity index (χ1) is 12.2. The molecule has 3 rings (SSSR count). The van der Waals surface area contributed by atoms with Gasteiger partial charge in [0.05, 0.1) is 6.54 Å². The molecule has 0 aliphatic carbocycles. The van der Waals surface area contributed by atoms with E-state index in [0.717, 1.165) is 5.56 Å². The highest BCUT2D eigenvalue weighted by atomic mass is 16.5. The Labute approximate surface area is 144 Å². The van der Waals surface area contributed by atoms with Gasteiger partial charge < -0.3 is 4.74 Å². The molecule has 3 aromatic rings. The molecule has 0 aliphatic heterocycles. The zero-order valence-corrected chi connectivity index (χ0v) is 13.5. The number of amides is 1. The van der Waals surface area contributed by atoms with Crippen LogP contribution in [0.3, 0.4) is 0 Å². The summed E-state index contributed by atoms with van der Waals surface area (Å²) in [5.41, 5.74) is 1.51. The summed E-state index contributed by atoms with van der Waals surface area (Å²) >= 11 is 0. The first-order valence-corrected chi connectivity index (χ1v) is 7.71. The summed E-state index contributed by atoms with van der Waals surface area (Å²) in [6, 6.07) is 16.8. The van der Waals surface area contributed by atoms with E-state index in [-0.39, 0.29) is 11.9 Å². The highest BCUT2D eigenvalue weighted by molar-refractivity contribution is 6.03. The number of benzene rings is 2. The molecular formula is C18H17N5O2. The van der Waals surface area contributed by atoms with E-state index in [1.807, 2.05) is 30.3 Å². The van der Waals surface area contributed by atoms with Crippen molar-refractivity contribution in [3.8, 4) is 5.75 Å². The van der Waals surface area contributed by atoms with Crippen molar-refractivity contribution in [2.45, 2.75) is 13.2 Å². The molecule has 0 spiro atoms. The van der Waals surface area contributed by atoms with Gasteiger partial charge in [-0.3, -0.25) is 10.1 Å². The monoisotopic (exact) mass is 335 g/mol. The normalized spacial score (nSPS) is 10.2. The largest absolute Gasteiger partial charge is 0.489 e. The Morgan fingerprint density at radius 3 is 2.84 bits per heavy atom. The maximum absolute atomic E-state index is 12.3. The van der Waals surface area contributed by atoms with Gasteiger partial charge in [0.25, 0.3) is 11.9 Å². The Hall–Kier alpha value is -3.48. The molecule has 0 radical (unpaired) electrons. The first-order valence-electron chi connectivity index (χ1n) is 7.71. The minimum atomic E-state index is -0.330. The number of allylic oxidation sites excluding steroid dienone is 1. The van der Waals surface area contributed by atoms with Crippen LogP contribution in [0.5, 0.6) is 5.75 Å².